The van der Waals surface area contributed by atoms with Gasteiger partial charge in [-0.05, 0) is 12.5 Å². The highest BCUT2D eigenvalue weighted by Crippen LogP contribution is 2.12. The summed E-state index contributed by atoms with van der Waals surface area (Å²) in [6.07, 6.45) is 2.61. The summed E-state index contributed by atoms with van der Waals surface area (Å²) in [4.78, 5) is 13.0. The van der Waals surface area contributed by atoms with Crippen LogP contribution in [0.15, 0.2) is 17.2 Å². The maximum absolute atomic E-state index is 12.0. The number of carboxylic acids is 1. The highest BCUT2D eigenvalue weighted by Gasteiger charge is 2.22. The zero-order valence-corrected chi connectivity index (χ0v) is 11.7. The van der Waals surface area contributed by atoms with Crippen molar-refractivity contribution in [1.82, 2.24) is 9.71 Å². The number of rotatable bonds is 8. The van der Waals surface area contributed by atoms with Crippen molar-refractivity contribution in [3.63, 3.8) is 0 Å². The molecule has 0 saturated heterocycles. The van der Waals surface area contributed by atoms with Gasteiger partial charge in [0.05, 0.1) is 6.61 Å². The molecule has 7 nitrogen and oxygen atoms in total. The first kappa shape index (κ1) is 15.7. The van der Waals surface area contributed by atoms with E-state index in [1.165, 1.54) is 7.11 Å². The van der Waals surface area contributed by atoms with Crippen molar-refractivity contribution in [3.05, 3.63) is 18.0 Å². The van der Waals surface area contributed by atoms with Crippen LogP contribution in [0, 0.1) is 0 Å². The first-order valence-corrected chi connectivity index (χ1v) is 7.32. The number of aromatic nitrogens is 1. The van der Waals surface area contributed by atoms with E-state index in [0.717, 1.165) is 18.7 Å². The number of carbonyl (C=O) groups is 1. The van der Waals surface area contributed by atoms with Crippen LogP contribution in [0.4, 0.5) is 0 Å². The van der Waals surface area contributed by atoms with Gasteiger partial charge in [-0.3, -0.25) is 0 Å². The van der Waals surface area contributed by atoms with Gasteiger partial charge in [0.2, 0.25) is 10.0 Å². The average molecular weight is 290 g/mol. The SMILES string of the molecule is CCCC(COC)NS(=O)(=O)c1c[nH]c(C(=O)O)c1. The minimum atomic E-state index is -3.74. The summed E-state index contributed by atoms with van der Waals surface area (Å²) in [5.74, 6) is -1.21. The Morgan fingerprint density at radius 1 is 1.58 bits per heavy atom. The molecule has 0 bridgehead atoms. The molecular weight excluding hydrogens is 272 g/mol. The number of nitrogens with one attached hydrogen (secondary N) is 2. The van der Waals surface area contributed by atoms with Gasteiger partial charge in [0.1, 0.15) is 10.6 Å². The Morgan fingerprint density at radius 2 is 2.26 bits per heavy atom. The van der Waals surface area contributed by atoms with E-state index in [1.54, 1.807) is 0 Å². The van der Waals surface area contributed by atoms with Gasteiger partial charge in [-0.25, -0.2) is 17.9 Å². The molecule has 1 rings (SSSR count). The normalized spacial score (nSPS) is 13.4. The van der Waals surface area contributed by atoms with Gasteiger partial charge >= 0.3 is 5.97 Å². The number of hydrogen-bond donors (Lipinski definition) is 3. The van der Waals surface area contributed by atoms with Crippen LogP contribution in [0.2, 0.25) is 0 Å². The van der Waals surface area contributed by atoms with Crippen LogP contribution in [0.5, 0.6) is 0 Å². The molecule has 8 heteroatoms. The van der Waals surface area contributed by atoms with Gasteiger partial charge < -0.3 is 14.8 Å². The number of H-pyrrole nitrogens is 1. The number of aromatic carboxylic acids is 1. The number of aromatic amines is 1. The van der Waals surface area contributed by atoms with Crippen LogP contribution in [0.3, 0.4) is 0 Å². The van der Waals surface area contributed by atoms with Crippen molar-refractivity contribution in [1.29, 1.82) is 0 Å². The summed E-state index contributed by atoms with van der Waals surface area (Å²) in [6.45, 7) is 2.21. The molecule has 0 spiro atoms. The molecule has 0 amide bonds. The Bertz CT molecular complexity index is 517. The average Bonchev–Trinajstić information content (AvgIpc) is 2.79. The Kier molecular flexibility index (Phi) is 5.52. The molecule has 1 atom stereocenters. The number of sulfonamides is 1. The molecule has 0 fully saturated rings. The summed E-state index contributed by atoms with van der Waals surface area (Å²) in [6, 6.07) is 0.753. The minimum absolute atomic E-state index is 0.0953. The van der Waals surface area contributed by atoms with Gasteiger partial charge in [-0.15, -0.1) is 0 Å². The maximum atomic E-state index is 12.0. The molecular formula is C11H18N2O5S. The second kappa shape index (κ2) is 6.69. The van der Waals surface area contributed by atoms with Crippen LogP contribution in [-0.4, -0.2) is 44.2 Å². The second-order valence-corrected chi connectivity index (χ2v) is 5.83. The van der Waals surface area contributed by atoms with E-state index in [-0.39, 0.29) is 23.2 Å². The van der Waals surface area contributed by atoms with Gasteiger partial charge in [0.15, 0.2) is 0 Å². The lowest BCUT2D eigenvalue weighted by molar-refractivity contribution is 0.0691. The third kappa shape index (κ3) is 4.34. The summed E-state index contributed by atoms with van der Waals surface area (Å²) >= 11 is 0. The topological polar surface area (TPSA) is 108 Å². The molecule has 0 aromatic carbocycles. The van der Waals surface area contributed by atoms with Gasteiger partial charge in [-0.2, -0.15) is 0 Å². The van der Waals surface area contributed by atoms with E-state index >= 15 is 0 Å². The fourth-order valence-corrected chi connectivity index (χ4v) is 2.91. The fraction of sp³-hybridized carbons (Fsp3) is 0.545. The molecule has 3 N–H and O–H groups in total. The molecule has 1 aromatic heterocycles. The summed E-state index contributed by atoms with van der Waals surface area (Å²) in [5.41, 5.74) is -0.167. The standard InChI is InChI=1S/C11H18N2O5S/c1-3-4-8(7-18-2)13-19(16,17)9-5-10(11(14)15)12-6-9/h5-6,8,12-13H,3-4,7H2,1-2H3,(H,14,15). The van der Waals surface area contributed by atoms with Crippen LogP contribution >= 0.6 is 0 Å². The van der Waals surface area contributed by atoms with E-state index < -0.39 is 16.0 Å². The molecule has 1 unspecified atom stereocenters. The molecule has 1 aromatic rings. The molecule has 0 radical (unpaired) electrons. The number of hydrogen-bond acceptors (Lipinski definition) is 4. The van der Waals surface area contributed by atoms with E-state index in [1.807, 2.05) is 6.92 Å². The van der Waals surface area contributed by atoms with E-state index in [9.17, 15) is 13.2 Å². The van der Waals surface area contributed by atoms with Crippen molar-refractivity contribution < 1.29 is 23.1 Å². The predicted octanol–water partition coefficient (Wildman–Crippen LogP) is 0.806. The first-order chi connectivity index (χ1) is 8.90. The Morgan fingerprint density at radius 3 is 2.74 bits per heavy atom. The monoisotopic (exact) mass is 290 g/mol. The van der Waals surface area contributed by atoms with Crippen LogP contribution in [0.1, 0.15) is 30.3 Å². The molecule has 1 heterocycles. The third-order valence-corrected chi connectivity index (χ3v) is 4.02. The van der Waals surface area contributed by atoms with E-state index in [4.69, 9.17) is 9.84 Å². The van der Waals surface area contributed by atoms with E-state index in [2.05, 4.69) is 9.71 Å². The predicted molar refractivity (Wildman–Crippen MR) is 68.6 cm³/mol. The molecule has 19 heavy (non-hydrogen) atoms. The first-order valence-electron chi connectivity index (χ1n) is 5.83. The zero-order valence-electron chi connectivity index (χ0n) is 10.8. The highest BCUT2D eigenvalue weighted by molar-refractivity contribution is 7.89. The number of carboxylic acid groups (broad SMARTS) is 1. The fourth-order valence-electron chi connectivity index (χ4n) is 1.67. The van der Waals surface area contributed by atoms with Crippen LogP contribution in [-0.2, 0) is 14.8 Å². The summed E-state index contributed by atoms with van der Waals surface area (Å²) in [7, 11) is -2.25. The minimum Gasteiger partial charge on any atom is -0.477 e. The van der Waals surface area contributed by atoms with Gasteiger partial charge in [0, 0.05) is 19.3 Å². The number of ether oxygens (including phenoxy) is 1. The summed E-state index contributed by atoms with van der Waals surface area (Å²) in [5, 5.41) is 8.75. The lowest BCUT2D eigenvalue weighted by Crippen LogP contribution is -2.37. The van der Waals surface area contributed by atoms with Crippen LogP contribution < -0.4 is 4.72 Å². The quantitative estimate of drug-likeness (QED) is 0.656. The second-order valence-electron chi connectivity index (χ2n) is 4.12. The molecule has 0 aliphatic heterocycles. The lowest BCUT2D eigenvalue weighted by Gasteiger charge is -2.16. The molecule has 0 aliphatic carbocycles. The van der Waals surface area contributed by atoms with Crippen molar-refractivity contribution in [3.8, 4) is 0 Å². The van der Waals surface area contributed by atoms with Crippen molar-refractivity contribution in [2.24, 2.45) is 0 Å². The van der Waals surface area contributed by atoms with E-state index in [0.29, 0.717) is 6.42 Å². The summed E-state index contributed by atoms with van der Waals surface area (Å²) < 4.78 is 31.5. The Balaban J connectivity index is 2.86. The maximum Gasteiger partial charge on any atom is 0.352 e. The zero-order chi connectivity index (χ0) is 14.5. The lowest BCUT2D eigenvalue weighted by atomic mass is 10.2. The largest absolute Gasteiger partial charge is 0.477 e. The molecule has 108 valence electrons. The smallest absolute Gasteiger partial charge is 0.352 e. The van der Waals surface area contributed by atoms with Crippen molar-refractivity contribution in [2.45, 2.75) is 30.7 Å². The number of methoxy groups -OCH3 is 1. The highest BCUT2D eigenvalue weighted by atomic mass is 32.2. The third-order valence-electron chi connectivity index (χ3n) is 2.52. The van der Waals surface area contributed by atoms with Gasteiger partial charge in [-0.1, -0.05) is 13.3 Å². The molecule has 0 aliphatic rings. The van der Waals surface area contributed by atoms with Gasteiger partial charge in [0.25, 0.3) is 0 Å². The Labute approximate surface area is 112 Å². The van der Waals surface area contributed by atoms with Crippen molar-refractivity contribution >= 4 is 16.0 Å². The van der Waals surface area contributed by atoms with Crippen molar-refractivity contribution in [2.75, 3.05) is 13.7 Å². The van der Waals surface area contributed by atoms with Crippen LogP contribution in [0.25, 0.3) is 0 Å². The molecule has 0 saturated carbocycles. The Hall–Kier alpha value is -1.38.